The molecule has 0 atom stereocenters. The van der Waals surface area contributed by atoms with E-state index in [1.807, 2.05) is 12.1 Å². The predicted molar refractivity (Wildman–Crippen MR) is 79.2 cm³/mol. The van der Waals surface area contributed by atoms with E-state index in [9.17, 15) is 0 Å². The monoisotopic (exact) mass is 266 g/mol. The molecule has 1 aromatic rings. The van der Waals surface area contributed by atoms with Crippen LogP contribution in [0.1, 0.15) is 5.56 Å². The minimum atomic E-state index is -2.00. The Morgan fingerprint density at radius 3 is 2.24 bits per heavy atom. The van der Waals surface area contributed by atoms with Crippen LogP contribution in [0.4, 0.5) is 0 Å². The number of rotatable bonds is 5. The van der Waals surface area contributed by atoms with Crippen molar-refractivity contribution in [1.82, 2.24) is 0 Å². The molecule has 0 aliphatic carbocycles. The van der Waals surface area contributed by atoms with Gasteiger partial charge in [-0.05, 0) is 36.9 Å². The van der Waals surface area contributed by atoms with Crippen LogP contribution >= 0.6 is 0 Å². The maximum absolute atomic E-state index is 6.31. The van der Waals surface area contributed by atoms with Gasteiger partial charge in [-0.2, -0.15) is 0 Å². The summed E-state index contributed by atoms with van der Waals surface area (Å²) in [5.74, 6) is 0. The molecule has 0 unspecified atom stereocenters. The highest BCUT2D eigenvalue weighted by Crippen LogP contribution is 2.17. The molecule has 0 N–H and O–H groups in total. The highest BCUT2D eigenvalue weighted by molar-refractivity contribution is 6.91. The zero-order chi connectivity index (χ0) is 13.1. The molecule has 0 aliphatic rings. The van der Waals surface area contributed by atoms with Gasteiger partial charge in [-0.1, -0.05) is 36.9 Å². The first kappa shape index (κ1) is 14.4. The molecule has 2 nitrogen and oxygen atoms in total. The summed E-state index contributed by atoms with van der Waals surface area (Å²) in [6.07, 6.45) is 1.90. The van der Waals surface area contributed by atoms with E-state index >= 15 is 0 Å². The smallest absolute Gasteiger partial charge is 0.321 e. The maximum Gasteiger partial charge on any atom is 0.321 e. The van der Waals surface area contributed by atoms with Crippen molar-refractivity contribution in [2.24, 2.45) is 0 Å². The van der Waals surface area contributed by atoms with E-state index in [1.165, 1.54) is 10.8 Å². The van der Waals surface area contributed by atoms with Crippen molar-refractivity contribution in [2.75, 3.05) is 7.11 Å². The zero-order valence-corrected chi connectivity index (χ0v) is 13.4. The van der Waals surface area contributed by atoms with Gasteiger partial charge in [0.05, 0.1) is 0 Å². The molecule has 0 spiro atoms. The lowest BCUT2D eigenvalue weighted by molar-refractivity contribution is 0.313. The van der Waals surface area contributed by atoms with Crippen LogP contribution in [0.5, 0.6) is 0 Å². The highest BCUT2D eigenvalue weighted by Gasteiger charge is 2.36. The predicted octanol–water partition coefficient (Wildman–Crippen LogP) is 3.11. The molecule has 0 amide bonds. The Morgan fingerprint density at radius 2 is 1.71 bits per heavy atom. The summed E-state index contributed by atoms with van der Waals surface area (Å²) >= 11 is 0. The number of hydrogen-bond acceptors (Lipinski definition) is 2. The van der Waals surface area contributed by atoms with Crippen LogP contribution in [-0.2, 0) is 8.54 Å². The van der Waals surface area contributed by atoms with Gasteiger partial charge < -0.3 is 8.54 Å². The third-order valence-corrected chi connectivity index (χ3v) is 9.57. The molecule has 0 bridgehead atoms. The average Bonchev–Trinajstić information content (AvgIpc) is 2.28. The van der Waals surface area contributed by atoms with Crippen molar-refractivity contribution in [3.05, 3.63) is 36.4 Å². The Balaban J connectivity index is 3.08. The van der Waals surface area contributed by atoms with Crippen molar-refractivity contribution in [2.45, 2.75) is 26.2 Å². The van der Waals surface area contributed by atoms with Crippen molar-refractivity contribution in [3.63, 3.8) is 0 Å². The van der Waals surface area contributed by atoms with Crippen LogP contribution in [0.25, 0.3) is 6.08 Å². The maximum atomic E-state index is 6.31. The third-order valence-electron chi connectivity index (χ3n) is 2.82. The average molecular weight is 266 g/mol. The van der Waals surface area contributed by atoms with E-state index in [2.05, 4.69) is 51.0 Å². The van der Waals surface area contributed by atoms with Crippen LogP contribution in [-0.4, -0.2) is 24.0 Å². The van der Waals surface area contributed by atoms with E-state index < -0.39 is 16.9 Å². The largest absolute Gasteiger partial charge is 0.432 e. The van der Waals surface area contributed by atoms with Crippen molar-refractivity contribution < 1.29 is 8.54 Å². The van der Waals surface area contributed by atoms with Crippen molar-refractivity contribution in [1.29, 1.82) is 0 Å². The van der Waals surface area contributed by atoms with E-state index in [4.69, 9.17) is 8.54 Å². The Hall–Kier alpha value is -0.686. The molecule has 94 valence electrons. The minimum absolute atomic E-state index is 1.17. The van der Waals surface area contributed by atoms with Gasteiger partial charge in [-0.15, -0.1) is 0 Å². The molecule has 1 aromatic carbocycles. The first-order valence-corrected chi connectivity index (χ1v) is 11.5. The van der Waals surface area contributed by atoms with Crippen LogP contribution in [0.2, 0.25) is 26.2 Å². The zero-order valence-electron chi connectivity index (χ0n) is 11.4. The topological polar surface area (TPSA) is 18.5 Å². The third kappa shape index (κ3) is 3.64. The van der Waals surface area contributed by atoms with Gasteiger partial charge in [-0.25, -0.2) is 0 Å². The first-order chi connectivity index (χ1) is 7.82. The van der Waals surface area contributed by atoms with Crippen LogP contribution in [0.15, 0.2) is 30.8 Å². The van der Waals surface area contributed by atoms with Gasteiger partial charge >= 0.3 is 8.56 Å². The van der Waals surface area contributed by atoms with Crippen molar-refractivity contribution >= 4 is 28.1 Å². The van der Waals surface area contributed by atoms with Gasteiger partial charge in [0, 0.05) is 7.11 Å². The molecule has 0 aromatic heterocycles. The van der Waals surface area contributed by atoms with E-state index in [0.29, 0.717) is 0 Å². The molecule has 0 heterocycles. The highest BCUT2D eigenvalue weighted by atomic mass is 28.4. The van der Waals surface area contributed by atoms with E-state index in [1.54, 1.807) is 7.11 Å². The Bertz CT molecular complexity index is 400. The standard InChI is InChI=1S/C13H22O2Si2/c1-7-12-10-8-9-11-13(12)16(3,4)15-17(5,6)14-2/h7-11H,1H2,2-6H3. The summed E-state index contributed by atoms with van der Waals surface area (Å²) in [4.78, 5) is 0. The second-order valence-corrected chi connectivity index (χ2v) is 12.6. The summed E-state index contributed by atoms with van der Waals surface area (Å²) in [7, 11) is -2.21. The fourth-order valence-electron chi connectivity index (χ4n) is 1.93. The fourth-order valence-corrected chi connectivity index (χ4v) is 9.00. The summed E-state index contributed by atoms with van der Waals surface area (Å²) in [6, 6.07) is 8.32. The van der Waals surface area contributed by atoms with Gasteiger partial charge in [0.15, 0.2) is 0 Å². The van der Waals surface area contributed by atoms with E-state index in [0.717, 1.165) is 0 Å². The van der Waals surface area contributed by atoms with Crippen LogP contribution in [0.3, 0.4) is 0 Å². The molecular formula is C13H22O2Si2. The molecule has 0 aliphatic heterocycles. The first-order valence-electron chi connectivity index (χ1n) is 5.79. The normalized spacial score (nSPS) is 12.5. The Labute approximate surface area is 107 Å². The summed E-state index contributed by atoms with van der Waals surface area (Å²) < 4.78 is 11.8. The Morgan fingerprint density at radius 1 is 1.12 bits per heavy atom. The summed E-state index contributed by atoms with van der Waals surface area (Å²) in [5, 5.41) is 1.28. The molecule has 0 saturated heterocycles. The number of hydrogen-bond donors (Lipinski definition) is 0. The van der Waals surface area contributed by atoms with Gasteiger partial charge in [0.1, 0.15) is 0 Å². The second kappa shape index (κ2) is 5.31. The quantitative estimate of drug-likeness (QED) is 0.763. The molecule has 4 heteroatoms. The Kier molecular flexibility index (Phi) is 4.49. The SMILES string of the molecule is C=Cc1ccccc1[Si](C)(C)O[Si](C)(C)OC. The molecule has 17 heavy (non-hydrogen) atoms. The summed E-state index contributed by atoms with van der Waals surface area (Å²) in [6.45, 7) is 12.5. The van der Waals surface area contributed by atoms with Gasteiger partial charge in [0.25, 0.3) is 0 Å². The molecule has 0 fully saturated rings. The summed E-state index contributed by atoms with van der Waals surface area (Å²) in [5.41, 5.74) is 1.17. The van der Waals surface area contributed by atoms with Crippen LogP contribution < -0.4 is 5.19 Å². The van der Waals surface area contributed by atoms with E-state index in [-0.39, 0.29) is 0 Å². The van der Waals surface area contributed by atoms with Gasteiger partial charge in [-0.3, -0.25) is 0 Å². The molecule has 0 radical (unpaired) electrons. The van der Waals surface area contributed by atoms with Gasteiger partial charge in [0.2, 0.25) is 8.32 Å². The lowest BCUT2D eigenvalue weighted by Crippen LogP contribution is -2.54. The molecular weight excluding hydrogens is 244 g/mol. The second-order valence-electron chi connectivity index (χ2n) is 5.01. The molecule has 1 rings (SSSR count). The van der Waals surface area contributed by atoms with Crippen molar-refractivity contribution in [3.8, 4) is 0 Å². The lowest BCUT2D eigenvalue weighted by atomic mass is 10.2. The van der Waals surface area contributed by atoms with Crippen LogP contribution in [0, 0.1) is 0 Å². The minimum Gasteiger partial charge on any atom is -0.432 e. The lowest BCUT2D eigenvalue weighted by Gasteiger charge is -2.33. The number of benzene rings is 1. The fraction of sp³-hybridized carbons (Fsp3) is 0.385. The molecule has 0 saturated carbocycles.